The van der Waals surface area contributed by atoms with E-state index in [0.717, 1.165) is 90.0 Å². The first kappa shape index (κ1) is 83.4. The number of ether oxygens (including phenoxy) is 21. The van der Waals surface area contributed by atoms with Crippen LogP contribution in [-0.4, -0.2) is 261 Å². The van der Waals surface area contributed by atoms with E-state index < -0.39 is 262 Å². The van der Waals surface area contributed by atoms with Gasteiger partial charge in [-0.1, -0.05) is 32.0 Å². The molecule has 37 heteroatoms. The molecule has 0 saturated carbocycles. The highest BCUT2D eigenvalue weighted by Crippen LogP contribution is 2.48. The fraction of sp³-hybridized carbons (Fsp3) is 0.697. The minimum absolute atomic E-state index is 0.0231. The Hall–Kier alpha value is -8.56. The van der Waals surface area contributed by atoms with E-state index in [2.05, 4.69) is 5.32 Å². The second kappa shape index (κ2) is 36.7. The van der Waals surface area contributed by atoms with Crippen molar-refractivity contribution in [3.8, 4) is 0 Å². The highest BCUT2D eigenvalue weighted by Gasteiger charge is 2.71. The number of hydrogen-bond acceptors (Lipinski definition) is 36. The molecule has 0 aliphatic carbocycles. The number of nitrogens with one attached hydrogen (secondary N) is 1. The van der Waals surface area contributed by atoms with Crippen molar-refractivity contribution < 1.29 is 172 Å². The molecule has 0 radical (unpaired) electrons. The lowest BCUT2D eigenvalue weighted by Gasteiger charge is -2.60. The largest absolute Gasteiger partial charge is 0.463 e. The van der Waals surface area contributed by atoms with Crippen molar-refractivity contribution in [1.82, 2.24) is 5.32 Å². The summed E-state index contributed by atoms with van der Waals surface area (Å²) in [4.78, 5) is 187. The zero-order chi connectivity index (χ0) is 76.8. The van der Waals surface area contributed by atoms with Crippen molar-refractivity contribution in [2.24, 2.45) is 5.92 Å². The van der Waals surface area contributed by atoms with Crippen LogP contribution in [0, 0.1) is 5.92 Å². The number of amides is 1. The van der Waals surface area contributed by atoms with E-state index >= 15 is 0 Å². The Balaban J connectivity index is 1.78. The summed E-state index contributed by atoms with van der Waals surface area (Å²) in [5.41, 5.74) is -3.35. The Labute approximate surface area is 590 Å². The van der Waals surface area contributed by atoms with Crippen LogP contribution >= 0.6 is 0 Å². The third-order valence-electron chi connectivity index (χ3n) is 16.3. The smallest absolute Gasteiger partial charge is 0.338 e. The lowest BCUT2D eigenvalue weighted by Crippen LogP contribution is -2.81. The number of carbonyl (C=O) groups is 14. The number of hydrogen-bond donors (Lipinski definition) is 2. The lowest BCUT2D eigenvalue weighted by atomic mass is 9.73. The van der Waals surface area contributed by atoms with E-state index in [4.69, 9.17) is 99.5 Å². The van der Waals surface area contributed by atoms with Gasteiger partial charge >= 0.3 is 77.6 Å². The molecule has 5 aliphatic heterocycles. The monoisotopic (exact) mass is 1470 g/mol. The van der Waals surface area contributed by atoms with Crippen LogP contribution in [0.4, 0.5) is 0 Å². The SMILES string of the molecule is CC(=O)NC1[C@H](O[C@@H]2C(OC(=O)c3ccccc3)[C@H](C(C)C)OC(COC(C)=O)[C@@H]2OC(C)=O)OC(COC(C)=O)[C@](O[C@@H]2OC(COC(C)=O)[C@H](OC(C)=O)[C@H](OC(C)=O)C2O[C@@H]2OC(C)[C@H](OC(C)=O)C(OC(C)=O)[C@@H]2OC(C)=O)([C@H]2OC(C)[C@@H](OC(C)=O)[C@H](OC(C)=O)C2OC(C)=O)[C@@H]1O. The van der Waals surface area contributed by atoms with E-state index in [0.29, 0.717) is 0 Å². The van der Waals surface area contributed by atoms with Crippen LogP contribution in [0.25, 0.3) is 0 Å². The Morgan fingerprint density at radius 1 is 0.408 bits per heavy atom. The number of esters is 13. The zero-order valence-corrected chi connectivity index (χ0v) is 59.7. The lowest BCUT2D eigenvalue weighted by molar-refractivity contribution is -0.426. The van der Waals surface area contributed by atoms with Crippen molar-refractivity contribution in [2.45, 2.75) is 270 Å². The molecule has 0 aromatic heterocycles. The van der Waals surface area contributed by atoms with E-state index in [1.54, 1.807) is 19.9 Å². The molecule has 1 amide bonds. The molecule has 0 spiro atoms. The van der Waals surface area contributed by atoms with Gasteiger partial charge in [0.2, 0.25) is 5.91 Å². The summed E-state index contributed by atoms with van der Waals surface area (Å²) in [5, 5.41) is 16.8. The molecule has 5 saturated heterocycles. The maximum absolute atomic E-state index is 14.4. The van der Waals surface area contributed by atoms with Crippen molar-refractivity contribution in [2.75, 3.05) is 19.8 Å². The van der Waals surface area contributed by atoms with Gasteiger partial charge in [-0.3, -0.25) is 62.3 Å². The van der Waals surface area contributed by atoms with Gasteiger partial charge in [0.25, 0.3) is 0 Å². The van der Waals surface area contributed by atoms with E-state index in [1.165, 1.54) is 38.1 Å². The van der Waals surface area contributed by atoms with Gasteiger partial charge in [-0.15, -0.1) is 0 Å². The average molecular weight is 1470 g/mol. The first-order valence-corrected chi connectivity index (χ1v) is 32.7. The third kappa shape index (κ3) is 21.8. The van der Waals surface area contributed by atoms with E-state index in [-0.39, 0.29) is 5.56 Å². The molecule has 0 bridgehead atoms. The highest BCUT2D eigenvalue weighted by molar-refractivity contribution is 5.89. The average Bonchev–Trinajstić information content (AvgIpc) is 0.710. The van der Waals surface area contributed by atoms with Gasteiger partial charge in [0.1, 0.15) is 68.6 Å². The van der Waals surface area contributed by atoms with Crippen molar-refractivity contribution in [3.05, 3.63) is 35.9 Å². The normalized spacial score (nSPS) is 34.0. The first-order valence-electron chi connectivity index (χ1n) is 32.7. The molecule has 5 heterocycles. The van der Waals surface area contributed by atoms with Crippen LogP contribution in [0.2, 0.25) is 0 Å². The summed E-state index contributed by atoms with van der Waals surface area (Å²) < 4.78 is 129. The molecule has 6 rings (SSSR count). The molecule has 103 heavy (non-hydrogen) atoms. The van der Waals surface area contributed by atoms with Gasteiger partial charge in [0.05, 0.1) is 17.8 Å². The van der Waals surface area contributed by atoms with Crippen LogP contribution in [0.15, 0.2) is 30.3 Å². The molecule has 25 atom stereocenters. The molecule has 5 aliphatic rings. The van der Waals surface area contributed by atoms with Gasteiger partial charge < -0.3 is 110 Å². The van der Waals surface area contributed by atoms with Gasteiger partial charge in [-0.2, -0.15) is 0 Å². The number of benzene rings is 1. The fourth-order valence-corrected chi connectivity index (χ4v) is 12.7. The Morgan fingerprint density at radius 2 is 0.806 bits per heavy atom. The van der Waals surface area contributed by atoms with Gasteiger partial charge in [-0.05, 0) is 31.9 Å². The molecule has 574 valence electrons. The minimum Gasteiger partial charge on any atom is -0.463 e. The summed E-state index contributed by atoms with van der Waals surface area (Å²) in [7, 11) is 0. The first-order chi connectivity index (χ1) is 48.2. The standard InChI is InChI=1S/C66H89NO36/c1-26(2)47-52(100-62(82)42-21-19-18-20-22-42)55(50(90-35(11)74)43(97-47)23-83-30(6)69)101-63-46(67-29(5)68)60(81)66(45(99-63)25-85-32(8)71,61-57(95-40(16)79)53(92-37(13)76)48(27(3)86-61)88-33(9)72)103-65-59(56(94-39(15)78)51(91-36(12)75)44(98-65)24-84-31(7)70)102-64-58(96-41(17)80)54(93-38(14)77)49(28(4)87-64)89-34(10)73/h18-22,26-28,43-61,63-65,81H,23-25H2,1-17H3,(H,67,68)/t27?,28?,43?,44?,45?,46?,47-,48+,49-,50-,51-,52?,53-,54?,55-,56-,57?,58-,59?,60+,61-,63-,64-,65-,66+/m0/s1. The van der Waals surface area contributed by atoms with Crippen LogP contribution in [0.5, 0.6) is 0 Å². The molecular formula is C66H89NO36. The van der Waals surface area contributed by atoms with Crippen LogP contribution in [0.1, 0.15) is 128 Å². The number of rotatable bonds is 26. The number of carbonyl (C=O) groups excluding carboxylic acids is 14. The fourth-order valence-electron chi connectivity index (χ4n) is 12.7. The van der Waals surface area contributed by atoms with E-state index in [1.807, 2.05) is 0 Å². The van der Waals surface area contributed by atoms with Crippen molar-refractivity contribution >= 4 is 83.5 Å². The second-order valence-corrected chi connectivity index (χ2v) is 25.0. The quantitative estimate of drug-likeness (QED) is 0.0916. The Kier molecular flexibility index (Phi) is 29.7. The number of aliphatic hydroxyl groups is 1. The predicted octanol–water partition coefficient (Wildman–Crippen LogP) is 0.0833. The Bertz CT molecular complexity index is 3230. The molecule has 37 nitrogen and oxygen atoms in total. The highest BCUT2D eigenvalue weighted by atomic mass is 16.8. The van der Waals surface area contributed by atoms with Gasteiger partial charge in [-0.25, -0.2) is 4.79 Å². The van der Waals surface area contributed by atoms with Crippen LogP contribution in [-0.2, 0) is 162 Å². The summed E-state index contributed by atoms with van der Waals surface area (Å²) in [6.45, 7) is 15.2. The number of aliphatic hydroxyl groups excluding tert-OH is 1. The van der Waals surface area contributed by atoms with Crippen LogP contribution in [0.3, 0.4) is 0 Å². The molecule has 10 unspecified atom stereocenters. The predicted molar refractivity (Wildman–Crippen MR) is 332 cm³/mol. The third-order valence-corrected chi connectivity index (χ3v) is 16.3. The molecule has 5 fully saturated rings. The Morgan fingerprint density at radius 3 is 1.27 bits per heavy atom. The molecule has 2 N–H and O–H groups in total. The molecule has 1 aromatic carbocycles. The maximum atomic E-state index is 14.4. The van der Waals surface area contributed by atoms with Crippen LogP contribution < -0.4 is 5.32 Å². The summed E-state index contributed by atoms with van der Waals surface area (Å²) in [5.74, 6) is -15.6. The summed E-state index contributed by atoms with van der Waals surface area (Å²) >= 11 is 0. The second-order valence-electron chi connectivity index (χ2n) is 25.0. The summed E-state index contributed by atoms with van der Waals surface area (Å²) in [6, 6.07) is 5.16. The summed E-state index contributed by atoms with van der Waals surface area (Å²) in [6.07, 6.45) is -46.5. The topological polar surface area (TPSA) is 465 Å². The maximum Gasteiger partial charge on any atom is 0.338 e. The van der Waals surface area contributed by atoms with Crippen molar-refractivity contribution in [3.63, 3.8) is 0 Å². The zero-order valence-electron chi connectivity index (χ0n) is 59.7. The minimum atomic E-state index is -3.33. The van der Waals surface area contributed by atoms with Crippen molar-refractivity contribution in [1.29, 1.82) is 0 Å². The van der Waals surface area contributed by atoms with Gasteiger partial charge in [0, 0.05) is 90.0 Å². The van der Waals surface area contributed by atoms with Gasteiger partial charge in [0.15, 0.2) is 91.6 Å². The van der Waals surface area contributed by atoms with E-state index in [9.17, 15) is 72.2 Å². The molecular weight excluding hydrogens is 1380 g/mol. The molecule has 1 aromatic rings.